The van der Waals surface area contributed by atoms with E-state index in [1.54, 1.807) is 0 Å². The highest BCUT2D eigenvalue weighted by Gasteiger charge is 2.75. The van der Waals surface area contributed by atoms with Gasteiger partial charge in [-0.15, -0.1) is 0 Å². The molecule has 0 heterocycles. The first-order valence-corrected chi connectivity index (χ1v) is 15.2. The summed E-state index contributed by atoms with van der Waals surface area (Å²) in [6.07, 6.45) is -18.0. The van der Waals surface area contributed by atoms with Gasteiger partial charge in [0.2, 0.25) is 0 Å². The molecule has 11 nitrogen and oxygen atoms in total. The standard InChI is InChI=1S/C25H37F8NO10S/c1-20(2,3)42-19(39)34-21(18(37)38)14-16(15-21)43-45(40,41)25(32,33)24(30,31)44-23(28,29)22(26,27)13-11-9-7-5-4-6-8-10-12-17(35)36/h16H,4-15H2,1-3H3,(H,34,39)(H,35,36)(H,37,38). The van der Waals surface area contributed by atoms with Crippen LogP contribution in [0.25, 0.3) is 0 Å². The van der Waals surface area contributed by atoms with Crippen LogP contribution in [-0.4, -0.2) is 77.3 Å². The van der Waals surface area contributed by atoms with Gasteiger partial charge >= 0.3 is 51.5 Å². The average Bonchev–Trinajstić information content (AvgIpc) is 2.80. The van der Waals surface area contributed by atoms with Gasteiger partial charge in [-0.2, -0.15) is 43.5 Å². The second-order valence-corrected chi connectivity index (χ2v) is 13.3. The molecule has 1 aliphatic carbocycles. The largest absolute Gasteiger partial charge is 0.481 e. The zero-order chi connectivity index (χ0) is 35.1. The monoisotopic (exact) mass is 695 g/mol. The first-order valence-electron chi connectivity index (χ1n) is 13.8. The number of nitrogens with one attached hydrogen (secondary N) is 1. The van der Waals surface area contributed by atoms with Crippen LogP contribution in [-0.2, 0) is 33.4 Å². The van der Waals surface area contributed by atoms with Gasteiger partial charge in [-0.25, -0.2) is 14.3 Å². The zero-order valence-corrected chi connectivity index (χ0v) is 25.5. The first-order chi connectivity index (χ1) is 20.2. The highest BCUT2D eigenvalue weighted by atomic mass is 32.2. The van der Waals surface area contributed by atoms with Crippen molar-refractivity contribution in [1.29, 1.82) is 0 Å². The molecule has 1 rings (SSSR count). The van der Waals surface area contributed by atoms with Crippen molar-refractivity contribution in [2.24, 2.45) is 0 Å². The molecule has 0 atom stereocenters. The molecule has 1 aliphatic rings. The molecule has 0 radical (unpaired) electrons. The Kier molecular flexibility index (Phi) is 13.5. The van der Waals surface area contributed by atoms with E-state index in [0.717, 1.165) is 0 Å². The van der Waals surface area contributed by atoms with Crippen LogP contribution in [0.3, 0.4) is 0 Å². The Bertz CT molecular complexity index is 1140. The molecule has 0 spiro atoms. The number of alkyl halides is 8. The molecule has 45 heavy (non-hydrogen) atoms. The normalized spacial score (nSPS) is 19.9. The van der Waals surface area contributed by atoms with Crippen LogP contribution in [0.15, 0.2) is 0 Å². The van der Waals surface area contributed by atoms with E-state index in [1.807, 2.05) is 5.32 Å². The summed E-state index contributed by atoms with van der Waals surface area (Å²) in [5, 5.41) is 13.1. The van der Waals surface area contributed by atoms with Crippen LogP contribution in [0.5, 0.6) is 0 Å². The van der Waals surface area contributed by atoms with E-state index in [-0.39, 0.29) is 19.3 Å². The lowest BCUT2D eigenvalue weighted by Crippen LogP contribution is -2.66. The Balaban J connectivity index is 2.74. The summed E-state index contributed by atoms with van der Waals surface area (Å²) < 4.78 is 148. The summed E-state index contributed by atoms with van der Waals surface area (Å²) in [5.74, 6) is -8.18. The van der Waals surface area contributed by atoms with Gasteiger partial charge in [-0.1, -0.05) is 38.5 Å². The van der Waals surface area contributed by atoms with Gasteiger partial charge in [0.1, 0.15) is 11.1 Å². The summed E-state index contributed by atoms with van der Waals surface area (Å²) in [4.78, 5) is 33.9. The van der Waals surface area contributed by atoms with E-state index in [1.165, 1.54) is 20.8 Å². The van der Waals surface area contributed by atoms with Crippen molar-refractivity contribution < 1.29 is 81.8 Å². The smallest absolute Gasteiger partial charge is 0.460 e. The lowest BCUT2D eigenvalue weighted by molar-refractivity contribution is -0.456. The van der Waals surface area contributed by atoms with Crippen LogP contribution in [0.1, 0.15) is 97.8 Å². The number of hydrogen-bond acceptors (Lipinski definition) is 8. The molecule has 1 amide bonds. The third-order valence-electron chi connectivity index (χ3n) is 6.53. The second-order valence-electron chi connectivity index (χ2n) is 11.7. The SMILES string of the molecule is CC(C)(C)OC(=O)NC1(C(=O)O)CC(OS(=O)(=O)C(F)(F)C(F)(F)OC(F)(F)C(F)(F)CCCCCCCCCCC(=O)O)C1. The van der Waals surface area contributed by atoms with Crippen molar-refractivity contribution in [2.45, 2.75) is 138 Å². The summed E-state index contributed by atoms with van der Waals surface area (Å²) >= 11 is 0. The van der Waals surface area contributed by atoms with E-state index in [9.17, 15) is 63.0 Å². The number of carbonyl (C=O) groups excluding carboxylic acids is 1. The summed E-state index contributed by atoms with van der Waals surface area (Å²) in [7, 11) is -6.92. The Morgan fingerprint density at radius 1 is 0.800 bits per heavy atom. The third kappa shape index (κ3) is 11.4. The molecule has 0 unspecified atom stereocenters. The predicted octanol–water partition coefficient (Wildman–Crippen LogP) is 6.26. The van der Waals surface area contributed by atoms with Crippen molar-refractivity contribution >= 4 is 28.1 Å². The highest BCUT2D eigenvalue weighted by molar-refractivity contribution is 7.87. The molecule has 3 N–H and O–H groups in total. The summed E-state index contributed by atoms with van der Waals surface area (Å²) in [6, 6.07) is 0. The van der Waals surface area contributed by atoms with E-state index < -0.39 is 94.5 Å². The van der Waals surface area contributed by atoms with Gasteiger partial charge in [0, 0.05) is 25.7 Å². The quantitative estimate of drug-likeness (QED) is 0.0752. The van der Waals surface area contributed by atoms with Crippen molar-refractivity contribution in [3.05, 3.63) is 0 Å². The molecule has 0 aromatic carbocycles. The van der Waals surface area contributed by atoms with Crippen LogP contribution in [0, 0.1) is 0 Å². The van der Waals surface area contributed by atoms with Gasteiger partial charge in [0.05, 0.1) is 6.10 Å². The number of carboxylic acid groups (broad SMARTS) is 2. The molecule has 1 saturated carbocycles. The van der Waals surface area contributed by atoms with Crippen molar-refractivity contribution in [3.63, 3.8) is 0 Å². The van der Waals surface area contributed by atoms with Crippen molar-refractivity contribution in [3.8, 4) is 0 Å². The fourth-order valence-electron chi connectivity index (χ4n) is 4.12. The van der Waals surface area contributed by atoms with Crippen molar-refractivity contribution in [2.75, 3.05) is 0 Å². The molecule has 0 bridgehead atoms. The summed E-state index contributed by atoms with van der Waals surface area (Å²) in [5.41, 5.74) is -3.44. The van der Waals surface area contributed by atoms with E-state index in [4.69, 9.17) is 9.84 Å². The Hall–Kier alpha value is -2.48. The Morgan fingerprint density at radius 3 is 1.71 bits per heavy atom. The molecule has 0 aromatic heterocycles. The van der Waals surface area contributed by atoms with E-state index in [0.29, 0.717) is 32.1 Å². The number of carboxylic acids is 2. The lowest BCUT2D eigenvalue weighted by atomic mass is 9.74. The third-order valence-corrected chi connectivity index (χ3v) is 7.92. The summed E-state index contributed by atoms with van der Waals surface area (Å²) in [6.45, 7) is 4.22. The van der Waals surface area contributed by atoms with E-state index in [2.05, 4.69) is 8.92 Å². The number of ether oxygens (including phenoxy) is 2. The Labute approximate surface area is 254 Å². The zero-order valence-electron chi connectivity index (χ0n) is 24.7. The first kappa shape index (κ1) is 40.5. The topological polar surface area (TPSA) is 166 Å². The number of aliphatic carboxylic acids is 2. The number of halogens is 8. The van der Waals surface area contributed by atoms with Gasteiger partial charge < -0.3 is 20.3 Å². The molecule has 20 heteroatoms. The van der Waals surface area contributed by atoms with Crippen LogP contribution >= 0.6 is 0 Å². The number of alkyl carbamates (subject to hydrolysis) is 1. The minimum absolute atomic E-state index is 0.0155. The molecule has 0 aromatic rings. The maximum atomic E-state index is 14.3. The number of amides is 1. The van der Waals surface area contributed by atoms with Gasteiger partial charge in [0.25, 0.3) is 0 Å². The minimum Gasteiger partial charge on any atom is -0.481 e. The number of rotatable bonds is 20. The van der Waals surface area contributed by atoms with Gasteiger partial charge in [0.15, 0.2) is 0 Å². The van der Waals surface area contributed by atoms with Crippen LogP contribution < -0.4 is 5.32 Å². The fraction of sp³-hybridized carbons (Fsp3) is 0.880. The number of carbonyl (C=O) groups is 3. The Morgan fingerprint density at radius 2 is 1.27 bits per heavy atom. The minimum atomic E-state index is -6.92. The lowest BCUT2D eigenvalue weighted by Gasteiger charge is -2.44. The molecule has 0 aliphatic heterocycles. The van der Waals surface area contributed by atoms with Gasteiger partial charge in [-0.05, 0) is 33.6 Å². The fourth-order valence-corrected chi connectivity index (χ4v) is 5.07. The van der Waals surface area contributed by atoms with E-state index >= 15 is 0 Å². The maximum absolute atomic E-state index is 14.3. The highest BCUT2D eigenvalue weighted by Crippen LogP contribution is 2.49. The van der Waals surface area contributed by atoms with Crippen LogP contribution in [0.4, 0.5) is 39.9 Å². The van der Waals surface area contributed by atoms with Gasteiger partial charge in [-0.3, -0.25) is 8.98 Å². The average molecular weight is 696 g/mol. The molecular weight excluding hydrogens is 658 g/mol. The van der Waals surface area contributed by atoms with Crippen molar-refractivity contribution in [1.82, 2.24) is 5.32 Å². The molecular formula is C25H37F8NO10S. The molecule has 264 valence electrons. The number of unbranched alkanes of at least 4 members (excludes halogenated alkanes) is 7. The number of hydrogen-bond donors (Lipinski definition) is 3. The maximum Gasteiger partial charge on any atom is 0.460 e. The molecule has 0 saturated heterocycles. The molecule has 1 fully saturated rings. The van der Waals surface area contributed by atoms with Crippen LogP contribution in [0.2, 0.25) is 0 Å². The second kappa shape index (κ2) is 15.0. The predicted molar refractivity (Wildman–Crippen MR) is 137 cm³/mol.